The highest BCUT2D eigenvalue weighted by Gasteiger charge is 2.22. The molecule has 0 aromatic heterocycles. The Morgan fingerprint density at radius 2 is 1.67 bits per heavy atom. The minimum absolute atomic E-state index is 0.243. The first-order chi connectivity index (χ1) is 11.4. The molecule has 0 N–H and O–H groups in total. The Balaban J connectivity index is 1.96. The highest BCUT2D eigenvalue weighted by molar-refractivity contribution is 8.33. The monoisotopic (exact) mass is 344 g/mol. The maximum atomic E-state index is 11.7. The molecule has 0 aliphatic carbocycles. The first-order valence-corrected chi connectivity index (χ1v) is 11.0. The molecule has 1 atom stereocenters. The van der Waals surface area contributed by atoms with Crippen LogP contribution in [0.2, 0.25) is 0 Å². The summed E-state index contributed by atoms with van der Waals surface area (Å²) in [6.07, 6.45) is 6.98. The summed E-state index contributed by atoms with van der Waals surface area (Å²) in [6.45, 7) is 4.59. The second-order valence-corrected chi connectivity index (χ2v) is 10.6. The normalized spacial score (nSPS) is 13.3. The lowest BCUT2D eigenvalue weighted by Gasteiger charge is -2.38. The highest BCUT2D eigenvalue weighted by Crippen LogP contribution is 2.54. The van der Waals surface area contributed by atoms with Crippen LogP contribution in [0.15, 0.2) is 59.5 Å². The SMILES string of the molecule is CCOC(=O)c1ccc(CCC(C)S(C)(C)c2ccccc2)cc1. The van der Waals surface area contributed by atoms with Crippen molar-refractivity contribution in [1.29, 1.82) is 0 Å². The van der Waals surface area contributed by atoms with Crippen molar-refractivity contribution in [2.75, 3.05) is 19.1 Å². The summed E-state index contributed by atoms with van der Waals surface area (Å²) in [4.78, 5) is 13.2. The molecular formula is C21H28O2S. The largest absolute Gasteiger partial charge is 0.462 e. The van der Waals surface area contributed by atoms with Gasteiger partial charge >= 0.3 is 5.97 Å². The fraction of sp³-hybridized carbons (Fsp3) is 0.381. The molecule has 2 aromatic carbocycles. The molecular weight excluding hydrogens is 316 g/mol. The third-order valence-electron chi connectivity index (χ3n) is 4.66. The lowest BCUT2D eigenvalue weighted by Crippen LogP contribution is -2.14. The van der Waals surface area contributed by atoms with Crippen molar-refractivity contribution in [3.8, 4) is 0 Å². The predicted molar refractivity (Wildman–Crippen MR) is 104 cm³/mol. The Morgan fingerprint density at radius 3 is 2.25 bits per heavy atom. The van der Waals surface area contributed by atoms with Crippen LogP contribution in [-0.4, -0.2) is 30.3 Å². The van der Waals surface area contributed by atoms with E-state index in [1.807, 2.05) is 31.2 Å². The minimum Gasteiger partial charge on any atom is -0.462 e. The summed E-state index contributed by atoms with van der Waals surface area (Å²) in [5.41, 5.74) is 1.90. The van der Waals surface area contributed by atoms with Crippen LogP contribution in [-0.2, 0) is 11.2 Å². The van der Waals surface area contributed by atoms with Crippen LogP contribution < -0.4 is 0 Å². The second kappa shape index (κ2) is 8.39. The molecule has 0 aliphatic heterocycles. The molecule has 0 bridgehead atoms. The van der Waals surface area contributed by atoms with Gasteiger partial charge < -0.3 is 4.74 Å². The van der Waals surface area contributed by atoms with E-state index in [1.165, 1.54) is 10.5 Å². The zero-order valence-corrected chi connectivity index (χ0v) is 15.9. The van der Waals surface area contributed by atoms with E-state index in [2.05, 4.69) is 49.8 Å². The zero-order chi connectivity index (χ0) is 17.6. The van der Waals surface area contributed by atoms with Crippen molar-refractivity contribution >= 4 is 16.0 Å². The Kier molecular flexibility index (Phi) is 6.50. The minimum atomic E-state index is -0.812. The molecule has 0 heterocycles. The number of esters is 1. The second-order valence-electron chi connectivity index (χ2n) is 6.49. The lowest BCUT2D eigenvalue weighted by molar-refractivity contribution is 0.0526. The van der Waals surface area contributed by atoms with Gasteiger partial charge in [-0.1, -0.05) is 49.4 Å². The topological polar surface area (TPSA) is 26.3 Å². The number of carbonyl (C=O) groups excluding carboxylic acids is 1. The van der Waals surface area contributed by atoms with Crippen LogP contribution in [0.5, 0.6) is 0 Å². The van der Waals surface area contributed by atoms with Crippen molar-refractivity contribution in [2.45, 2.75) is 36.8 Å². The zero-order valence-electron chi connectivity index (χ0n) is 15.1. The summed E-state index contributed by atoms with van der Waals surface area (Å²) in [5.74, 6) is -0.243. The molecule has 2 nitrogen and oxygen atoms in total. The van der Waals surface area contributed by atoms with Gasteiger partial charge in [0.15, 0.2) is 0 Å². The average Bonchev–Trinajstić information content (AvgIpc) is 2.61. The lowest BCUT2D eigenvalue weighted by atomic mass is 10.1. The Bertz CT molecular complexity index is 647. The van der Waals surface area contributed by atoms with Crippen LogP contribution in [0.4, 0.5) is 0 Å². The van der Waals surface area contributed by atoms with Crippen molar-refractivity contribution < 1.29 is 9.53 Å². The van der Waals surface area contributed by atoms with Crippen molar-refractivity contribution in [3.05, 3.63) is 65.7 Å². The van der Waals surface area contributed by atoms with Crippen LogP contribution in [0.1, 0.15) is 36.2 Å². The van der Waals surface area contributed by atoms with E-state index < -0.39 is 10.0 Å². The van der Waals surface area contributed by atoms with E-state index in [0.29, 0.717) is 17.4 Å². The van der Waals surface area contributed by atoms with Gasteiger partial charge in [-0.2, -0.15) is 0 Å². The summed E-state index contributed by atoms with van der Waals surface area (Å²) >= 11 is 0. The van der Waals surface area contributed by atoms with Gasteiger partial charge in [-0.15, -0.1) is 0 Å². The van der Waals surface area contributed by atoms with Gasteiger partial charge in [-0.25, -0.2) is 14.8 Å². The predicted octanol–water partition coefficient (Wildman–Crippen LogP) is 5.31. The van der Waals surface area contributed by atoms with E-state index in [-0.39, 0.29) is 5.97 Å². The Hall–Kier alpha value is -1.74. The number of hydrogen-bond acceptors (Lipinski definition) is 2. The summed E-state index contributed by atoms with van der Waals surface area (Å²) in [6, 6.07) is 18.7. The molecule has 0 spiro atoms. The van der Waals surface area contributed by atoms with E-state index in [4.69, 9.17) is 4.74 Å². The number of ether oxygens (including phenoxy) is 1. The maximum absolute atomic E-state index is 11.7. The molecule has 0 aliphatic rings. The molecule has 3 heteroatoms. The van der Waals surface area contributed by atoms with E-state index in [1.54, 1.807) is 0 Å². The van der Waals surface area contributed by atoms with Gasteiger partial charge in [0.1, 0.15) is 0 Å². The number of rotatable bonds is 7. The van der Waals surface area contributed by atoms with Crippen molar-refractivity contribution in [3.63, 3.8) is 0 Å². The average molecular weight is 345 g/mol. The van der Waals surface area contributed by atoms with E-state index in [0.717, 1.165) is 12.8 Å². The molecule has 2 aromatic rings. The number of aryl methyl sites for hydroxylation is 1. The molecule has 0 fully saturated rings. The smallest absolute Gasteiger partial charge is 0.338 e. The van der Waals surface area contributed by atoms with Crippen molar-refractivity contribution in [1.82, 2.24) is 0 Å². The molecule has 0 radical (unpaired) electrons. The molecule has 0 saturated carbocycles. The first kappa shape index (κ1) is 18.6. The molecule has 1 unspecified atom stereocenters. The molecule has 130 valence electrons. The van der Waals surface area contributed by atoms with Gasteiger partial charge in [0.05, 0.1) is 12.2 Å². The Labute approximate surface area is 147 Å². The molecule has 0 saturated heterocycles. The fourth-order valence-corrected chi connectivity index (χ4v) is 4.72. The van der Waals surface area contributed by atoms with Gasteiger partial charge in [0.25, 0.3) is 0 Å². The summed E-state index contributed by atoms with van der Waals surface area (Å²) < 4.78 is 5.02. The number of carbonyl (C=O) groups is 1. The third kappa shape index (κ3) is 4.64. The number of hydrogen-bond donors (Lipinski definition) is 0. The summed E-state index contributed by atoms with van der Waals surface area (Å²) in [7, 11) is -0.812. The molecule has 0 amide bonds. The van der Waals surface area contributed by atoms with Crippen LogP contribution in [0, 0.1) is 0 Å². The highest BCUT2D eigenvalue weighted by atomic mass is 32.3. The maximum Gasteiger partial charge on any atom is 0.338 e. The van der Waals surface area contributed by atoms with Gasteiger partial charge in [0.2, 0.25) is 0 Å². The number of benzene rings is 2. The van der Waals surface area contributed by atoms with Gasteiger partial charge in [-0.3, -0.25) is 0 Å². The molecule has 24 heavy (non-hydrogen) atoms. The standard InChI is InChI=1S/C21H28O2S/c1-5-23-21(22)19-15-13-18(14-16-19)12-11-17(2)24(3,4)20-9-7-6-8-10-20/h6-10,13-17H,5,11-12H2,1-4H3. The van der Waals surface area contributed by atoms with E-state index >= 15 is 0 Å². The fourth-order valence-electron chi connectivity index (χ4n) is 2.69. The van der Waals surface area contributed by atoms with Gasteiger partial charge in [0, 0.05) is 0 Å². The van der Waals surface area contributed by atoms with Crippen LogP contribution in [0.3, 0.4) is 0 Å². The van der Waals surface area contributed by atoms with E-state index in [9.17, 15) is 4.79 Å². The van der Waals surface area contributed by atoms with Gasteiger partial charge in [-0.05, 0) is 60.1 Å². The third-order valence-corrected chi connectivity index (χ3v) is 8.40. The Morgan fingerprint density at radius 1 is 1.04 bits per heavy atom. The first-order valence-electron chi connectivity index (χ1n) is 8.48. The van der Waals surface area contributed by atoms with Crippen LogP contribution in [0.25, 0.3) is 0 Å². The van der Waals surface area contributed by atoms with Crippen LogP contribution >= 0.6 is 10.0 Å². The summed E-state index contributed by atoms with van der Waals surface area (Å²) in [5, 5.41) is 0.643. The molecule has 2 rings (SSSR count). The van der Waals surface area contributed by atoms with Crippen molar-refractivity contribution in [2.24, 2.45) is 0 Å². The quantitative estimate of drug-likeness (QED) is 0.636.